The summed E-state index contributed by atoms with van der Waals surface area (Å²) in [5.74, 6) is 0.352. The average Bonchev–Trinajstić information content (AvgIpc) is 3.30. The first-order valence-electron chi connectivity index (χ1n) is 11.0. The van der Waals surface area contributed by atoms with Crippen LogP contribution in [-0.4, -0.2) is 15.0 Å². The van der Waals surface area contributed by atoms with E-state index in [0.29, 0.717) is 27.2 Å². The first-order valence-corrected chi connectivity index (χ1v) is 13.2. The molecule has 33 heavy (non-hydrogen) atoms. The van der Waals surface area contributed by atoms with Crippen molar-refractivity contribution in [1.82, 2.24) is 0 Å². The summed E-state index contributed by atoms with van der Waals surface area (Å²) in [5, 5.41) is 4.86. The third-order valence-electron chi connectivity index (χ3n) is 6.55. The zero-order valence-corrected chi connectivity index (χ0v) is 20.4. The number of sulfonamides is 1. The van der Waals surface area contributed by atoms with E-state index in [-0.39, 0.29) is 17.9 Å². The fourth-order valence-electron chi connectivity index (χ4n) is 5.01. The Kier molecular flexibility index (Phi) is 5.89. The lowest BCUT2D eigenvalue weighted by atomic mass is 9.77. The van der Waals surface area contributed by atoms with Crippen molar-refractivity contribution in [2.45, 2.75) is 30.2 Å². The molecule has 0 bridgehead atoms. The van der Waals surface area contributed by atoms with Crippen molar-refractivity contribution in [3.8, 4) is 0 Å². The van der Waals surface area contributed by atoms with Gasteiger partial charge in [-0.15, -0.1) is 0 Å². The number of anilines is 2. The van der Waals surface area contributed by atoms with Crippen LogP contribution < -0.4 is 9.62 Å². The lowest BCUT2D eigenvalue weighted by molar-refractivity contribution is 0.425. The Labute approximate surface area is 204 Å². The maximum absolute atomic E-state index is 13.6. The summed E-state index contributed by atoms with van der Waals surface area (Å²) in [7, 11) is -3.70. The van der Waals surface area contributed by atoms with E-state index in [1.165, 1.54) is 4.31 Å². The number of allylic oxidation sites excluding steroid dienone is 2. The first-order chi connectivity index (χ1) is 15.9. The number of hydrogen-bond donors (Lipinski definition) is 1. The molecule has 0 spiro atoms. The summed E-state index contributed by atoms with van der Waals surface area (Å²) < 4.78 is 28.6. The number of nitrogens with one attached hydrogen (secondary N) is 1. The highest BCUT2D eigenvalue weighted by Crippen LogP contribution is 2.51. The Morgan fingerprint density at radius 2 is 1.79 bits per heavy atom. The molecule has 4 nitrogen and oxygen atoms in total. The van der Waals surface area contributed by atoms with E-state index < -0.39 is 10.0 Å². The lowest BCUT2D eigenvalue weighted by Gasteiger charge is -2.38. The maximum atomic E-state index is 13.6. The van der Waals surface area contributed by atoms with Crippen LogP contribution in [0.2, 0.25) is 10.0 Å². The topological polar surface area (TPSA) is 49.4 Å². The van der Waals surface area contributed by atoms with Gasteiger partial charge < -0.3 is 5.32 Å². The third kappa shape index (κ3) is 3.92. The highest BCUT2D eigenvalue weighted by molar-refractivity contribution is 7.92. The molecule has 0 saturated carbocycles. The van der Waals surface area contributed by atoms with E-state index in [4.69, 9.17) is 23.2 Å². The van der Waals surface area contributed by atoms with Crippen LogP contribution in [0, 0.1) is 5.92 Å². The first kappa shape index (κ1) is 22.3. The summed E-state index contributed by atoms with van der Waals surface area (Å²) in [6, 6.07) is 20.2. The second-order valence-electron chi connectivity index (χ2n) is 8.40. The number of rotatable bonds is 5. The summed E-state index contributed by atoms with van der Waals surface area (Å²) >= 11 is 12.7. The second-order valence-corrected chi connectivity index (χ2v) is 11.1. The van der Waals surface area contributed by atoms with Gasteiger partial charge in [0, 0.05) is 28.2 Å². The van der Waals surface area contributed by atoms with E-state index in [0.717, 1.165) is 23.2 Å². The number of halogens is 2. The minimum Gasteiger partial charge on any atom is -0.378 e. The van der Waals surface area contributed by atoms with E-state index in [9.17, 15) is 8.42 Å². The van der Waals surface area contributed by atoms with Crippen molar-refractivity contribution in [1.29, 1.82) is 0 Å². The molecule has 0 saturated heterocycles. The van der Waals surface area contributed by atoms with Gasteiger partial charge in [-0.1, -0.05) is 59.6 Å². The number of benzene rings is 3. The van der Waals surface area contributed by atoms with Gasteiger partial charge in [0.25, 0.3) is 10.0 Å². The van der Waals surface area contributed by atoms with E-state index >= 15 is 0 Å². The molecule has 3 atom stereocenters. The van der Waals surface area contributed by atoms with E-state index in [1.807, 2.05) is 61.5 Å². The van der Waals surface area contributed by atoms with Gasteiger partial charge in [-0.05, 0) is 72.9 Å². The van der Waals surface area contributed by atoms with Gasteiger partial charge in [-0.3, -0.25) is 4.31 Å². The highest BCUT2D eigenvalue weighted by Gasteiger charge is 2.39. The van der Waals surface area contributed by atoms with Gasteiger partial charge in [-0.25, -0.2) is 8.42 Å². The van der Waals surface area contributed by atoms with Gasteiger partial charge in [0.05, 0.1) is 16.6 Å². The molecule has 3 aromatic carbocycles. The number of nitrogens with zero attached hydrogens (tertiary/aromatic N) is 1. The Bertz CT molecular complexity index is 1330. The van der Waals surface area contributed by atoms with Crippen molar-refractivity contribution in [3.05, 3.63) is 100 Å². The molecule has 0 fully saturated rings. The molecule has 2 aliphatic rings. The Morgan fingerprint density at radius 1 is 1.00 bits per heavy atom. The predicted octanol–water partition coefficient (Wildman–Crippen LogP) is 7.04. The summed E-state index contributed by atoms with van der Waals surface area (Å²) in [6.07, 6.45) is 5.25. The molecule has 5 rings (SSSR count). The van der Waals surface area contributed by atoms with Gasteiger partial charge in [0.1, 0.15) is 0 Å². The number of fused-ring (bicyclic) bond motifs is 3. The Balaban J connectivity index is 1.54. The molecule has 3 unspecified atom stereocenters. The van der Waals surface area contributed by atoms with Crippen LogP contribution >= 0.6 is 23.2 Å². The van der Waals surface area contributed by atoms with Crippen LogP contribution in [0.5, 0.6) is 0 Å². The van der Waals surface area contributed by atoms with Crippen LogP contribution in [0.15, 0.2) is 83.8 Å². The minimum atomic E-state index is -3.70. The van der Waals surface area contributed by atoms with Gasteiger partial charge in [0.15, 0.2) is 0 Å². The molecule has 0 amide bonds. The van der Waals surface area contributed by atoms with Crippen LogP contribution in [0.3, 0.4) is 0 Å². The largest absolute Gasteiger partial charge is 0.378 e. The normalized spacial score (nSPS) is 21.2. The van der Waals surface area contributed by atoms with E-state index in [2.05, 4.69) is 17.5 Å². The van der Waals surface area contributed by atoms with Crippen LogP contribution in [0.4, 0.5) is 11.4 Å². The van der Waals surface area contributed by atoms with Gasteiger partial charge >= 0.3 is 0 Å². The Hall–Kier alpha value is -2.47. The standard InChI is InChI=1S/C26H24Cl2N2O2S/c1-2-30(18-7-4-3-5-8-18)33(31,32)19-12-14-25-23(16-19)20-9-6-10-21(20)26(29-25)22-13-11-17(27)15-24(22)28/h3-9,11-16,20-21,26,29H,2,10H2,1H3. The quantitative estimate of drug-likeness (QED) is 0.383. The average molecular weight is 499 g/mol. The highest BCUT2D eigenvalue weighted by atomic mass is 35.5. The third-order valence-corrected chi connectivity index (χ3v) is 9.01. The van der Waals surface area contributed by atoms with Crippen molar-refractivity contribution >= 4 is 44.6 Å². The molecule has 1 N–H and O–H groups in total. The minimum absolute atomic E-state index is 0.0150. The molecule has 1 aliphatic heterocycles. The van der Waals surface area contributed by atoms with Crippen LogP contribution in [-0.2, 0) is 10.0 Å². The van der Waals surface area contributed by atoms with Crippen molar-refractivity contribution in [3.63, 3.8) is 0 Å². The zero-order valence-electron chi connectivity index (χ0n) is 18.1. The van der Waals surface area contributed by atoms with Crippen LogP contribution in [0.1, 0.15) is 36.4 Å². The SMILES string of the molecule is CCN(c1ccccc1)S(=O)(=O)c1ccc2c(c1)C1C=CCC1C(c1ccc(Cl)cc1Cl)N2. The smallest absolute Gasteiger partial charge is 0.264 e. The van der Waals surface area contributed by atoms with Crippen molar-refractivity contribution in [2.75, 3.05) is 16.2 Å². The van der Waals surface area contributed by atoms with Crippen molar-refractivity contribution < 1.29 is 8.42 Å². The second kappa shape index (κ2) is 8.71. The van der Waals surface area contributed by atoms with Crippen molar-refractivity contribution in [2.24, 2.45) is 5.92 Å². The molecule has 1 aliphatic carbocycles. The lowest BCUT2D eigenvalue weighted by Crippen LogP contribution is -2.32. The predicted molar refractivity (Wildman–Crippen MR) is 136 cm³/mol. The molecule has 170 valence electrons. The maximum Gasteiger partial charge on any atom is 0.264 e. The molecule has 1 heterocycles. The molecule has 0 radical (unpaired) electrons. The molecule has 0 aromatic heterocycles. The molecule has 3 aromatic rings. The fraction of sp³-hybridized carbons (Fsp3) is 0.231. The fourth-order valence-corrected chi connectivity index (χ4v) is 7.04. The summed E-state index contributed by atoms with van der Waals surface area (Å²) in [6.45, 7) is 2.20. The molecular formula is C26H24Cl2N2O2S. The summed E-state index contributed by atoms with van der Waals surface area (Å²) in [4.78, 5) is 0.302. The Morgan fingerprint density at radius 3 is 2.52 bits per heavy atom. The van der Waals surface area contributed by atoms with E-state index in [1.54, 1.807) is 12.1 Å². The summed E-state index contributed by atoms with van der Waals surface area (Å²) in [5.41, 5.74) is 3.59. The molecule has 7 heteroatoms. The van der Waals surface area contributed by atoms with Gasteiger partial charge in [-0.2, -0.15) is 0 Å². The van der Waals surface area contributed by atoms with Gasteiger partial charge in [0.2, 0.25) is 0 Å². The van der Waals surface area contributed by atoms with Crippen LogP contribution in [0.25, 0.3) is 0 Å². The molecular weight excluding hydrogens is 475 g/mol. The zero-order chi connectivity index (χ0) is 23.2. The monoisotopic (exact) mass is 498 g/mol. The number of hydrogen-bond acceptors (Lipinski definition) is 3. The number of para-hydroxylation sites is 1.